The number of rotatable bonds is 9. The SMILES string of the molecule is C=CCc1ccccc1OCC(O)CNc1cc(Cl)ccc1OC. The third-order valence-electron chi connectivity index (χ3n) is 3.46. The largest absolute Gasteiger partial charge is 0.495 e. The first-order valence-corrected chi connectivity index (χ1v) is 8.09. The maximum Gasteiger partial charge on any atom is 0.142 e. The molecular formula is C19H22ClNO3. The molecule has 1 atom stereocenters. The average molecular weight is 348 g/mol. The summed E-state index contributed by atoms with van der Waals surface area (Å²) in [7, 11) is 1.59. The zero-order valence-electron chi connectivity index (χ0n) is 13.7. The molecule has 0 fully saturated rings. The third kappa shape index (κ3) is 5.18. The number of benzene rings is 2. The number of hydrogen-bond donors (Lipinski definition) is 2. The van der Waals surface area contributed by atoms with Crippen molar-refractivity contribution in [1.29, 1.82) is 0 Å². The first-order valence-electron chi connectivity index (χ1n) is 7.71. The average Bonchev–Trinajstić information content (AvgIpc) is 2.59. The van der Waals surface area contributed by atoms with Gasteiger partial charge in [-0.3, -0.25) is 0 Å². The molecule has 1 unspecified atom stereocenters. The lowest BCUT2D eigenvalue weighted by Gasteiger charge is -2.17. The summed E-state index contributed by atoms with van der Waals surface area (Å²) >= 11 is 5.99. The van der Waals surface area contributed by atoms with Crippen molar-refractivity contribution in [3.63, 3.8) is 0 Å². The van der Waals surface area contributed by atoms with Gasteiger partial charge >= 0.3 is 0 Å². The number of methoxy groups -OCH3 is 1. The second-order valence-corrected chi connectivity index (χ2v) is 5.73. The van der Waals surface area contributed by atoms with Crippen molar-refractivity contribution in [2.24, 2.45) is 0 Å². The Kier molecular flexibility index (Phi) is 6.97. The minimum Gasteiger partial charge on any atom is -0.495 e. The fourth-order valence-corrected chi connectivity index (χ4v) is 2.43. The van der Waals surface area contributed by atoms with Crippen LogP contribution in [0.2, 0.25) is 5.02 Å². The van der Waals surface area contributed by atoms with E-state index in [4.69, 9.17) is 21.1 Å². The van der Waals surface area contributed by atoms with Crippen LogP contribution in [-0.4, -0.2) is 31.5 Å². The number of aliphatic hydroxyl groups is 1. The molecule has 0 aromatic heterocycles. The number of nitrogens with one attached hydrogen (secondary N) is 1. The second-order valence-electron chi connectivity index (χ2n) is 5.29. The summed E-state index contributed by atoms with van der Waals surface area (Å²) in [5, 5.41) is 13.9. The van der Waals surface area contributed by atoms with Crippen LogP contribution in [0.15, 0.2) is 55.1 Å². The van der Waals surface area contributed by atoms with Crippen molar-refractivity contribution < 1.29 is 14.6 Å². The third-order valence-corrected chi connectivity index (χ3v) is 3.69. The van der Waals surface area contributed by atoms with Gasteiger partial charge in [-0.25, -0.2) is 0 Å². The Morgan fingerprint density at radius 3 is 2.79 bits per heavy atom. The van der Waals surface area contributed by atoms with E-state index in [0.29, 0.717) is 17.3 Å². The number of halogens is 1. The summed E-state index contributed by atoms with van der Waals surface area (Å²) in [5.74, 6) is 1.43. The molecule has 2 N–H and O–H groups in total. The van der Waals surface area contributed by atoms with Gasteiger partial charge in [0.1, 0.15) is 24.2 Å². The lowest BCUT2D eigenvalue weighted by atomic mass is 10.1. The van der Waals surface area contributed by atoms with Gasteiger partial charge < -0.3 is 19.9 Å². The van der Waals surface area contributed by atoms with Crippen LogP contribution >= 0.6 is 11.6 Å². The van der Waals surface area contributed by atoms with Crippen LogP contribution in [-0.2, 0) is 6.42 Å². The zero-order valence-corrected chi connectivity index (χ0v) is 14.4. The normalized spacial score (nSPS) is 11.6. The van der Waals surface area contributed by atoms with Gasteiger partial charge in [0.2, 0.25) is 0 Å². The van der Waals surface area contributed by atoms with E-state index in [1.807, 2.05) is 30.3 Å². The maximum atomic E-state index is 10.1. The van der Waals surface area contributed by atoms with Crippen LogP contribution < -0.4 is 14.8 Å². The number of allylic oxidation sites excluding steroid dienone is 1. The van der Waals surface area contributed by atoms with Crippen LogP contribution in [0.25, 0.3) is 0 Å². The number of para-hydroxylation sites is 1. The molecule has 2 aromatic rings. The first-order chi connectivity index (χ1) is 11.6. The molecule has 0 bridgehead atoms. The van der Waals surface area contributed by atoms with Crippen molar-refractivity contribution in [3.8, 4) is 11.5 Å². The summed E-state index contributed by atoms with van der Waals surface area (Å²) < 4.78 is 11.0. The Hall–Kier alpha value is -2.17. The van der Waals surface area contributed by atoms with Gasteiger partial charge in [-0.2, -0.15) is 0 Å². The fourth-order valence-electron chi connectivity index (χ4n) is 2.26. The van der Waals surface area contributed by atoms with Gasteiger partial charge in [0, 0.05) is 11.6 Å². The molecule has 0 aliphatic heterocycles. The van der Waals surface area contributed by atoms with E-state index >= 15 is 0 Å². The lowest BCUT2D eigenvalue weighted by Crippen LogP contribution is -2.26. The minimum absolute atomic E-state index is 0.185. The molecule has 0 aliphatic carbocycles. The molecule has 0 saturated carbocycles. The first kappa shape index (κ1) is 18.2. The highest BCUT2D eigenvalue weighted by Crippen LogP contribution is 2.27. The van der Waals surface area contributed by atoms with Gasteiger partial charge in [-0.15, -0.1) is 6.58 Å². The predicted octanol–water partition coefficient (Wildman–Crippen LogP) is 3.93. The Morgan fingerprint density at radius 1 is 1.25 bits per heavy atom. The summed E-state index contributed by atoms with van der Waals surface area (Å²) in [6.45, 7) is 4.25. The molecular weight excluding hydrogens is 326 g/mol. The Balaban J connectivity index is 1.89. The second kappa shape index (κ2) is 9.21. The summed E-state index contributed by atoms with van der Waals surface area (Å²) in [4.78, 5) is 0. The Labute approximate surface area is 147 Å². The van der Waals surface area contributed by atoms with Gasteiger partial charge in [0.15, 0.2) is 0 Å². The monoisotopic (exact) mass is 347 g/mol. The van der Waals surface area contributed by atoms with E-state index in [-0.39, 0.29) is 6.61 Å². The molecule has 2 rings (SSSR count). The van der Waals surface area contributed by atoms with Crippen LogP contribution in [0, 0.1) is 0 Å². The quantitative estimate of drug-likeness (QED) is 0.675. The topological polar surface area (TPSA) is 50.7 Å². The van der Waals surface area contributed by atoms with Crippen molar-refractivity contribution in [1.82, 2.24) is 0 Å². The van der Waals surface area contributed by atoms with Gasteiger partial charge in [-0.05, 0) is 36.2 Å². The number of ether oxygens (including phenoxy) is 2. The smallest absolute Gasteiger partial charge is 0.142 e. The van der Waals surface area contributed by atoms with E-state index in [1.54, 1.807) is 25.3 Å². The maximum absolute atomic E-state index is 10.1. The Morgan fingerprint density at radius 2 is 2.04 bits per heavy atom. The van der Waals surface area contributed by atoms with Crippen molar-refractivity contribution in [2.45, 2.75) is 12.5 Å². The van der Waals surface area contributed by atoms with Gasteiger partial charge in [-0.1, -0.05) is 35.9 Å². The molecule has 2 aromatic carbocycles. The van der Waals surface area contributed by atoms with E-state index in [2.05, 4.69) is 11.9 Å². The fraction of sp³-hybridized carbons (Fsp3) is 0.263. The van der Waals surface area contributed by atoms with Crippen LogP contribution in [0.3, 0.4) is 0 Å². The highest BCUT2D eigenvalue weighted by molar-refractivity contribution is 6.30. The predicted molar refractivity (Wildman–Crippen MR) is 98.3 cm³/mol. The van der Waals surface area contributed by atoms with Crippen LogP contribution in [0.5, 0.6) is 11.5 Å². The number of aliphatic hydroxyl groups excluding tert-OH is 1. The zero-order chi connectivity index (χ0) is 17.4. The van der Waals surface area contributed by atoms with Gasteiger partial charge in [0.05, 0.1) is 12.8 Å². The van der Waals surface area contributed by atoms with Crippen LogP contribution in [0.4, 0.5) is 5.69 Å². The molecule has 5 heteroatoms. The number of hydrogen-bond acceptors (Lipinski definition) is 4. The molecule has 4 nitrogen and oxygen atoms in total. The molecule has 24 heavy (non-hydrogen) atoms. The number of anilines is 1. The minimum atomic E-state index is -0.675. The van der Waals surface area contributed by atoms with Gasteiger partial charge in [0.25, 0.3) is 0 Å². The van der Waals surface area contributed by atoms with Crippen molar-refractivity contribution in [3.05, 3.63) is 65.7 Å². The van der Waals surface area contributed by atoms with E-state index in [0.717, 1.165) is 23.4 Å². The summed E-state index contributed by atoms with van der Waals surface area (Å²) in [6, 6.07) is 13.0. The lowest BCUT2D eigenvalue weighted by molar-refractivity contribution is 0.117. The molecule has 0 spiro atoms. The van der Waals surface area contributed by atoms with Crippen molar-refractivity contribution in [2.75, 3.05) is 25.6 Å². The summed E-state index contributed by atoms with van der Waals surface area (Å²) in [6.07, 6.45) is 1.88. The highest BCUT2D eigenvalue weighted by Gasteiger charge is 2.10. The van der Waals surface area contributed by atoms with E-state index in [9.17, 15) is 5.11 Å². The van der Waals surface area contributed by atoms with E-state index < -0.39 is 6.10 Å². The van der Waals surface area contributed by atoms with E-state index in [1.165, 1.54) is 0 Å². The molecule has 0 amide bonds. The Bertz CT molecular complexity index is 675. The standard InChI is InChI=1S/C19H22ClNO3/c1-3-6-14-7-4-5-8-18(14)24-13-16(22)12-21-17-11-15(20)9-10-19(17)23-2/h3-5,7-11,16,21-22H,1,6,12-13H2,2H3. The van der Waals surface area contributed by atoms with Crippen LogP contribution in [0.1, 0.15) is 5.56 Å². The highest BCUT2D eigenvalue weighted by atomic mass is 35.5. The summed E-state index contributed by atoms with van der Waals surface area (Å²) in [5.41, 5.74) is 1.78. The molecule has 0 saturated heterocycles. The molecule has 0 heterocycles. The van der Waals surface area contributed by atoms with Crippen molar-refractivity contribution >= 4 is 17.3 Å². The molecule has 0 aliphatic rings. The molecule has 128 valence electrons. The molecule has 0 radical (unpaired) electrons.